The van der Waals surface area contributed by atoms with Crippen LogP contribution < -0.4 is 0 Å². The van der Waals surface area contributed by atoms with Gasteiger partial charge in [-0.2, -0.15) is 0 Å². The second kappa shape index (κ2) is 9.95. The number of hydrogen-bond acceptors (Lipinski definition) is 5. The Balaban J connectivity index is 1.35. The Morgan fingerprint density at radius 2 is 1.61 bits per heavy atom. The van der Waals surface area contributed by atoms with Crippen LogP contribution in [0, 0.1) is 0 Å². The molecule has 6 nitrogen and oxygen atoms in total. The van der Waals surface area contributed by atoms with E-state index in [2.05, 4.69) is 41.8 Å². The number of piperazine rings is 1. The van der Waals surface area contributed by atoms with Crippen molar-refractivity contribution in [2.24, 2.45) is 0 Å². The van der Waals surface area contributed by atoms with Gasteiger partial charge in [0, 0.05) is 51.6 Å². The maximum atomic E-state index is 12.9. The van der Waals surface area contributed by atoms with E-state index in [1.54, 1.807) is 12.1 Å². The molecule has 1 fully saturated rings. The minimum atomic E-state index is -3.19. The van der Waals surface area contributed by atoms with Gasteiger partial charge in [0.1, 0.15) is 0 Å². The Labute approximate surface area is 198 Å². The third kappa shape index (κ3) is 5.65. The molecule has 2 heterocycles. The standard InChI is InChI=1S/C26H35N3O3S/c1-4-20(2)28-13-15-29(16-14-28)26(30)19-27-12-11-23-17-22(5-6-24(23)18-27)21-7-9-25(10-8-21)33(3,31)32/h5-10,17,20H,4,11-16,18-19H2,1-3H3. The molecule has 0 spiro atoms. The van der Waals surface area contributed by atoms with Gasteiger partial charge in [-0.15, -0.1) is 0 Å². The lowest BCUT2D eigenvalue weighted by molar-refractivity contribution is -0.134. The van der Waals surface area contributed by atoms with E-state index in [0.29, 0.717) is 17.5 Å². The maximum absolute atomic E-state index is 12.9. The van der Waals surface area contributed by atoms with Gasteiger partial charge in [-0.05, 0) is 54.2 Å². The Kier molecular flexibility index (Phi) is 7.22. The first kappa shape index (κ1) is 23.9. The van der Waals surface area contributed by atoms with Crippen LogP contribution in [0.4, 0.5) is 0 Å². The van der Waals surface area contributed by atoms with E-state index in [1.807, 2.05) is 17.0 Å². The maximum Gasteiger partial charge on any atom is 0.236 e. The third-order valence-corrected chi connectivity index (χ3v) is 8.28. The summed E-state index contributed by atoms with van der Waals surface area (Å²) in [7, 11) is -3.19. The predicted molar refractivity (Wildman–Crippen MR) is 132 cm³/mol. The van der Waals surface area contributed by atoms with Gasteiger partial charge in [0.25, 0.3) is 0 Å². The largest absolute Gasteiger partial charge is 0.339 e. The molecule has 1 saturated heterocycles. The molecule has 0 radical (unpaired) electrons. The van der Waals surface area contributed by atoms with Crippen LogP contribution in [-0.4, -0.2) is 80.6 Å². The van der Waals surface area contributed by atoms with Gasteiger partial charge >= 0.3 is 0 Å². The second-order valence-electron chi connectivity index (χ2n) is 9.41. The third-order valence-electron chi connectivity index (χ3n) is 7.15. The molecule has 1 amide bonds. The molecule has 2 aromatic carbocycles. The zero-order valence-corrected chi connectivity index (χ0v) is 20.8. The van der Waals surface area contributed by atoms with Gasteiger partial charge in [-0.25, -0.2) is 8.42 Å². The molecule has 2 aliphatic heterocycles. The van der Waals surface area contributed by atoms with Gasteiger partial charge < -0.3 is 4.90 Å². The van der Waals surface area contributed by atoms with Gasteiger partial charge in [-0.1, -0.05) is 37.3 Å². The Hall–Kier alpha value is -2.22. The van der Waals surface area contributed by atoms with Crippen LogP contribution in [0.2, 0.25) is 0 Å². The fraction of sp³-hybridized carbons (Fsp3) is 0.500. The summed E-state index contributed by atoms with van der Waals surface area (Å²) in [6.07, 6.45) is 3.29. The molecule has 0 aliphatic carbocycles. The molecular weight excluding hydrogens is 434 g/mol. The van der Waals surface area contributed by atoms with Crippen molar-refractivity contribution in [1.29, 1.82) is 0 Å². The summed E-state index contributed by atoms with van der Waals surface area (Å²) >= 11 is 0. The van der Waals surface area contributed by atoms with E-state index < -0.39 is 9.84 Å². The van der Waals surface area contributed by atoms with Crippen molar-refractivity contribution >= 4 is 15.7 Å². The highest BCUT2D eigenvalue weighted by molar-refractivity contribution is 7.90. The highest BCUT2D eigenvalue weighted by Crippen LogP contribution is 2.27. The lowest BCUT2D eigenvalue weighted by Crippen LogP contribution is -2.53. The molecule has 0 bridgehead atoms. The molecule has 178 valence electrons. The number of sulfone groups is 1. The van der Waals surface area contributed by atoms with Crippen LogP contribution in [0.1, 0.15) is 31.4 Å². The van der Waals surface area contributed by atoms with E-state index in [4.69, 9.17) is 0 Å². The van der Waals surface area contributed by atoms with Crippen LogP contribution in [0.15, 0.2) is 47.4 Å². The van der Waals surface area contributed by atoms with Crippen molar-refractivity contribution in [1.82, 2.24) is 14.7 Å². The fourth-order valence-corrected chi connectivity index (χ4v) is 5.41. The van der Waals surface area contributed by atoms with E-state index in [1.165, 1.54) is 17.4 Å². The van der Waals surface area contributed by atoms with Gasteiger partial charge in [0.2, 0.25) is 5.91 Å². The van der Waals surface area contributed by atoms with Crippen molar-refractivity contribution in [3.8, 4) is 11.1 Å². The van der Waals surface area contributed by atoms with Gasteiger partial charge in [-0.3, -0.25) is 14.6 Å². The number of rotatable bonds is 6. The Bertz CT molecular complexity index is 1090. The van der Waals surface area contributed by atoms with Crippen LogP contribution in [0.25, 0.3) is 11.1 Å². The number of nitrogens with zero attached hydrogens (tertiary/aromatic N) is 3. The summed E-state index contributed by atoms with van der Waals surface area (Å²) in [4.78, 5) is 20.0. The van der Waals surface area contributed by atoms with Crippen molar-refractivity contribution in [3.05, 3.63) is 53.6 Å². The normalized spacial score (nSPS) is 18.7. The van der Waals surface area contributed by atoms with Crippen LogP contribution in [0.5, 0.6) is 0 Å². The molecule has 0 aromatic heterocycles. The number of carbonyl (C=O) groups excluding carboxylic acids is 1. The number of carbonyl (C=O) groups is 1. The summed E-state index contributed by atoms with van der Waals surface area (Å²) < 4.78 is 23.4. The summed E-state index contributed by atoms with van der Waals surface area (Å²) in [5.74, 6) is 0.241. The molecule has 7 heteroatoms. The predicted octanol–water partition coefficient (Wildman–Crippen LogP) is 3.06. The summed E-state index contributed by atoms with van der Waals surface area (Å²) in [5.41, 5.74) is 4.69. The smallest absolute Gasteiger partial charge is 0.236 e. The highest BCUT2D eigenvalue weighted by Gasteiger charge is 2.26. The topological polar surface area (TPSA) is 60.9 Å². The monoisotopic (exact) mass is 469 g/mol. The molecule has 1 atom stereocenters. The van der Waals surface area contributed by atoms with Gasteiger partial charge in [0.15, 0.2) is 9.84 Å². The minimum Gasteiger partial charge on any atom is -0.339 e. The van der Waals surface area contributed by atoms with Gasteiger partial charge in [0.05, 0.1) is 11.4 Å². The molecule has 0 N–H and O–H groups in total. The SMILES string of the molecule is CCC(C)N1CCN(C(=O)CN2CCc3cc(-c4ccc(S(C)(=O)=O)cc4)ccc3C2)CC1. The number of amides is 1. The van der Waals surface area contributed by atoms with E-state index in [-0.39, 0.29) is 5.91 Å². The van der Waals surface area contributed by atoms with Crippen LogP contribution in [0.3, 0.4) is 0 Å². The molecule has 0 saturated carbocycles. The van der Waals surface area contributed by atoms with Crippen LogP contribution >= 0.6 is 0 Å². The summed E-state index contributed by atoms with van der Waals surface area (Å²) in [6, 6.07) is 14.1. The second-order valence-corrected chi connectivity index (χ2v) is 11.4. The first-order valence-corrected chi connectivity index (χ1v) is 13.8. The number of hydrogen-bond donors (Lipinski definition) is 0. The zero-order valence-electron chi connectivity index (χ0n) is 20.0. The highest BCUT2D eigenvalue weighted by atomic mass is 32.2. The van der Waals surface area contributed by atoms with Crippen molar-refractivity contribution in [3.63, 3.8) is 0 Å². The zero-order chi connectivity index (χ0) is 23.6. The molecule has 33 heavy (non-hydrogen) atoms. The quantitative estimate of drug-likeness (QED) is 0.651. The van der Waals surface area contributed by atoms with E-state index in [0.717, 1.165) is 63.2 Å². The molecule has 4 rings (SSSR count). The summed E-state index contributed by atoms with van der Waals surface area (Å²) in [5, 5.41) is 0. The molecule has 1 unspecified atom stereocenters. The van der Waals surface area contributed by atoms with Crippen molar-refractivity contribution < 1.29 is 13.2 Å². The number of fused-ring (bicyclic) bond motifs is 1. The lowest BCUT2D eigenvalue weighted by Gasteiger charge is -2.39. The summed E-state index contributed by atoms with van der Waals surface area (Å²) in [6.45, 7) is 10.2. The van der Waals surface area contributed by atoms with Crippen molar-refractivity contribution in [2.75, 3.05) is 45.5 Å². The fourth-order valence-electron chi connectivity index (χ4n) is 4.78. The van der Waals surface area contributed by atoms with Crippen molar-refractivity contribution in [2.45, 2.75) is 44.2 Å². The average molecular weight is 470 g/mol. The lowest BCUT2D eigenvalue weighted by atomic mass is 9.94. The Morgan fingerprint density at radius 1 is 0.939 bits per heavy atom. The molecule has 2 aliphatic rings. The van der Waals surface area contributed by atoms with Crippen LogP contribution in [-0.2, 0) is 27.6 Å². The molecule has 2 aromatic rings. The first-order valence-electron chi connectivity index (χ1n) is 11.9. The number of benzene rings is 2. The van der Waals surface area contributed by atoms with E-state index in [9.17, 15) is 13.2 Å². The minimum absolute atomic E-state index is 0.241. The Morgan fingerprint density at radius 3 is 2.24 bits per heavy atom. The first-order chi connectivity index (χ1) is 15.7. The molecular formula is C26H35N3O3S. The van der Waals surface area contributed by atoms with E-state index >= 15 is 0 Å². The average Bonchev–Trinajstić information content (AvgIpc) is 2.83.